The van der Waals surface area contributed by atoms with Crippen molar-refractivity contribution in [2.75, 3.05) is 5.32 Å². The van der Waals surface area contributed by atoms with Gasteiger partial charge in [-0.3, -0.25) is 0 Å². The molecule has 2 heterocycles. The van der Waals surface area contributed by atoms with E-state index in [4.69, 9.17) is 0 Å². The Hall–Kier alpha value is -1.81. The normalized spacial score (nSPS) is 19.3. The first-order valence-electron chi connectivity index (χ1n) is 6.71. The van der Waals surface area contributed by atoms with Gasteiger partial charge in [0.15, 0.2) is 0 Å². The van der Waals surface area contributed by atoms with Crippen LogP contribution in [0.4, 0.5) is 5.69 Å². The van der Waals surface area contributed by atoms with Crippen molar-refractivity contribution < 1.29 is 5.11 Å². The largest absolute Gasteiger partial charge is 0.385 e. The SMILES string of the molecule is CC(C)n1cncc1C(O)C1Cc2ccccc2N1. The summed E-state index contributed by atoms with van der Waals surface area (Å²) in [6, 6.07) is 8.53. The molecule has 2 N–H and O–H groups in total. The molecule has 1 aromatic carbocycles. The molecule has 0 fully saturated rings. The zero-order valence-electron chi connectivity index (χ0n) is 11.2. The molecule has 4 heteroatoms. The van der Waals surface area contributed by atoms with Crippen LogP contribution in [-0.4, -0.2) is 20.7 Å². The molecule has 0 bridgehead atoms. The summed E-state index contributed by atoms with van der Waals surface area (Å²) in [6.45, 7) is 4.18. The third-order valence-electron chi connectivity index (χ3n) is 3.73. The number of aliphatic hydroxyl groups is 1. The summed E-state index contributed by atoms with van der Waals surface area (Å²) in [4.78, 5) is 4.16. The molecule has 0 amide bonds. The lowest BCUT2D eigenvalue weighted by Gasteiger charge is -2.22. The Balaban J connectivity index is 1.83. The third-order valence-corrected chi connectivity index (χ3v) is 3.73. The minimum atomic E-state index is -0.544. The molecule has 100 valence electrons. The van der Waals surface area contributed by atoms with Crippen LogP contribution >= 0.6 is 0 Å². The van der Waals surface area contributed by atoms with Gasteiger partial charge >= 0.3 is 0 Å². The van der Waals surface area contributed by atoms with Crippen LogP contribution in [0.5, 0.6) is 0 Å². The number of fused-ring (bicyclic) bond motifs is 1. The number of hydrogen-bond donors (Lipinski definition) is 2. The number of rotatable bonds is 3. The Morgan fingerprint density at radius 2 is 2.16 bits per heavy atom. The molecule has 2 atom stereocenters. The van der Waals surface area contributed by atoms with Gasteiger partial charge in [0.05, 0.1) is 24.3 Å². The Morgan fingerprint density at radius 1 is 1.37 bits per heavy atom. The number of nitrogens with zero attached hydrogens (tertiary/aromatic N) is 2. The van der Waals surface area contributed by atoms with Crippen LogP contribution < -0.4 is 5.32 Å². The van der Waals surface area contributed by atoms with Crippen LogP contribution in [-0.2, 0) is 6.42 Å². The monoisotopic (exact) mass is 257 g/mol. The summed E-state index contributed by atoms with van der Waals surface area (Å²) in [5.41, 5.74) is 3.27. The van der Waals surface area contributed by atoms with E-state index in [0.717, 1.165) is 17.8 Å². The fourth-order valence-electron chi connectivity index (χ4n) is 2.70. The van der Waals surface area contributed by atoms with Gasteiger partial charge in [0.2, 0.25) is 0 Å². The van der Waals surface area contributed by atoms with Crippen molar-refractivity contribution in [2.45, 2.75) is 38.5 Å². The second kappa shape index (κ2) is 4.70. The maximum Gasteiger partial charge on any atom is 0.116 e. The molecular formula is C15H19N3O. The number of aromatic nitrogens is 2. The zero-order valence-corrected chi connectivity index (χ0v) is 11.2. The number of nitrogens with one attached hydrogen (secondary N) is 1. The van der Waals surface area contributed by atoms with Gasteiger partial charge in [0.1, 0.15) is 6.10 Å². The van der Waals surface area contributed by atoms with E-state index in [0.29, 0.717) is 6.04 Å². The average molecular weight is 257 g/mol. The number of hydrogen-bond acceptors (Lipinski definition) is 3. The van der Waals surface area contributed by atoms with Gasteiger partial charge in [-0.25, -0.2) is 4.98 Å². The highest BCUT2D eigenvalue weighted by molar-refractivity contribution is 5.57. The van der Waals surface area contributed by atoms with Gasteiger partial charge < -0.3 is 15.0 Å². The lowest BCUT2D eigenvalue weighted by Crippen LogP contribution is -2.27. The van der Waals surface area contributed by atoms with Crippen molar-refractivity contribution in [3.8, 4) is 0 Å². The number of benzene rings is 1. The summed E-state index contributed by atoms with van der Waals surface area (Å²) in [5, 5.41) is 14.0. The van der Waals surface area contributed by atoms with E-state index in [1.54, 1.807) is 12.5 Å². The summed E-state index contributed by atoms with van der Waals surface area (Å²) in [6.07, 6.45) is 3.85. The lowest BCUT2D eigenvalue weighted by molar-refractivity contribution is 0.146. The summed E-state index contributed by atoms with van der Waals surface area (Å²) >= 11 is 0. The topological polar surface area (TPSA) is 50.1 Å². The molecule has 19 heavy (non-hydrogen) atoms. The highest BCUT2D eigenvalue weighted by Gasteiger charge is 2.29. The summed E-state index contributed by atoms with van der Waals surface area (Å²) in [5.74, 6) is 0. The fraction of sp³-hybridized carbons (Fsp3) is 0.400. The summed E-state index contributed by atoms with van der Waals surface area (Å²) in [7, 11) is 0. The molecule has 2 unspecified atom stereocenters. The van der Waals surface area contributed by atoms with E-state index >= 15 is 0 Å². The van der Waals surface area contributed by atoms with E-state index in [9.17, 15) is 5.11 Å². The standard InChI is InChI=1S/C15H19N3O/c1-10(2)18-9-16-8-14(18)15(19)13-7-11-5-3-4-6-12(11)17-13/h3-6,8-10,13,15,17,19H,7H2,1-2H3. The molecule has 0 radical (unpaired) electrons. The van der Waals surface area contributed by atoms with Gasteiger partial charge in [0, 0.05) is 11.7 Å². The van der Waals surface area contributed by atoms with Crippen molar-refractivity contribution in [1.29, 1.82) is 0 Å². The maximum absolute atomic E-state index is 10.6. The molecule has 4 nitrogen and oxygen atoms in total. The van der Waals surface area contributed by atoms with E-state index in [1.807, 2.05) is 16.7 Å². The smallest absolute Gasteiger partial charge is 0.116 e. The molecule has 1 aromatic heterocycles. The highest BCUT2D eigenvalue weighted by atomic mass is 16.3. The first kappa shape index (κ1) is 12.2. The summed E-state index contributed by atoms with van der Waals surface area (Å²) < 4.78 is 2.02. The Labute approximate surface area is 113 Å². The van der Waals surface area contributed by atoms with Crippen LogP contribution in [0.15, 0.2) is 36.8 Å². The first-order chi connectivity index (χ1) is 9.16. The van der Waals surface area contributed by atoms with E-state index in [-0.39, 0.29) is 6.04 Å². The quantitative estimate of drug-likeness (QED) is 0.888. The van der Waals surface area contributed by atoms with E-state index in [2.05, 4.69) is 36.3 Å². The van der Waals surface area contributed by atoms with E-state index in [1.165, 1.54) is 5.56 Å². The van der Waals surface area contributed by atoms with Gasteiger partial charge in [-0.05, 0) is 31.9 Å². The molecule has 0 saturated carbocycles. The van der Waals surface area contributed by atoms with Crippen molar-refractivity contribution in [2.24, 2.45) is 0 Å². The second-order valence-electron chi connectivity index (χ2n) is 5.38. The maximum atomic E-state index is 10.6. The number of para-hydroxylation sites is 1. The van der Waals surface area contributed by atoms with Crippen LogP contribution in [0, 0.1) is 0 Å². The highest BCUT2D eigenvalue weighted by Crippen LogP contribution is 2.32. The Kier molecular flexibility index (Phi) is 3.03. The molecule has 0 saturated heterocycles. The van der Waals surface area contributed by atoms with Crippen molar-refractivity contribution in [1.82, 2.24) is 9.55 Å². The molecule has 0 aliphatic carbocycles. The number of imidazole rings is 1. The number of aliphatic hydroxyl groups excluding tert-OH is 1. The van der Waals surface area contributed by atoms with Crippen molar-refractivity contribution in [3.05, 3.63) is 48.0 Å². The Bertz CT molecular complexity index is 551. The van der Waals surface area contributed by atoms with Crippen LogP contribution in [0.2, 0.25) is 0 Å². The molecule has 1 aliphatic heterocycles. The number of anilines is 1. The molecular weight excluding hydrogens is 238 g/mol. The fourth-order valence-corrected chi connectivity index (χ4v) is 2.70. The first-order valence-corrected chi connectivity index (χ1v) is 6.71. The van der Waals surface area contributed by atoms with Gasteiger partial charge in [-0.15, -0.1) is 0 Å². The van der Waals surface area contributed by atoms with Crippen molar-refractivity contribution in [3.63, 3.8) is 0 Å². The minimum absolute atomic E-state index is 0.0200. The van der Waals surface area contributed by atoms with Gasteiger partial charge in [0.25, 0.3) is 0 Å². The van der Waals surface area contributed by atoms with Crippen molar-refractivity contribution >= 4 is 5.69 Å². The van der Waals surface area contributed by atoms with Crippen LogP contribution in [0.3, 0.4) is 0 Å². The predicted molar refractivity (Wildman–Crippen MR) is 75.1 cm³/mol. The zero-order chi connectivity index (χ0) is 13.4. The van der Waals surface area contributed by atoms with Crippen LogP contribution in [0.1, 0.15) is 37.3 Å². The predicted octanol–water partition coefficient (Wildman–Crippen LogP) is 2.53. The molecule has 2 aromatic rings. The van der Waals surface area contributed by atoms with E-state index < -0.39 is 6.10 Å². The van der Waals surface area contributed by atoms with Gasteiger partial charge in [-0.2, -0.15) is 0 Å². The molecule has 3 rings (SSSR count). The lowest BCUT2D eigenvalue weighted by atomic mass is 10.0. The third kappa shape index (κ3) is 2.12. The average Bonchev–Trinajstić information content (AvgIpc) is 3.04. The minimum Gasteiger partial charge on any atom is -0.385 e. The van der Waals surface area contributed by atoms with Gasteiger partial charge in [-0.1, -0.05) is 18.2 Å². The molecule has 1 aliphatic rings. The van der Waals surface area contributed by atoms with Crippen LogP contribution in [0.25, 0.3) is 0 Å². The second-order valence-corrected chi connectivity index (χ2v) is 5.38. The molecule has 0 spiro atoms. The Morgan fingerprint density at radius 3 is 2.89 bits per heavy atom.